The summed E-state index contributed by atoms with van der Waals surface area (Å²) in [4.78, 5) is 2.45. The fourth-order valence-electron chi connectivity index (χ4n) is 3.12. The van der Waals surface area contributed by atoms with Crippen LogP contribution in [-0.4, -0.2) is 43.3 Å². The second kappa shape index (κ2) is 8.46. The van der Waals surface area contributed by atoms with Crippen molar-refractivity contribution in [2.75, 3.05) is 33.3 Å². The van der Waals surface area contributed by atoms with Gasteiger partial charge >= 0.3 is 0 Å². The summed E-state index contributed by atoms with van der Waals surface area (Å²) < 4.78 is 5.47. The number of nitrogens with one attached hydrogen (secondary N) is 1. The Kier molecular flexibility index (Phi) is 7.56. The van der Waals surface area contributed by atoms with E-state index in [1.165, 1.54) is 12.8 Å². The molecule has 0 amide bonds. The van der Waals surface area contributed by atoms with Crippen molar-refractivity contribution < 1.29 is 9.84 Å². The second-order valence-electron chi connectivity index (χ2n) is 5.58. The molecule has 22 heavy (non-hydrogen) atoms. The highest BCUT2D eigenvalue weighted by atomic mass is 35.5. The van der Waals surface area contributed by atoms with Gasteiger partial charge in [0, 0.05) is 32.2 Å². The summed E-state index contributed by atoms with van der Waals surface area (Å²) in [6, 6.07) is 3.77. The lowest BCUT2D eigenvalue weighted by atomic mass is 9.97. The number of ether oxygens (including phenoxy) is 1. The van der Waals surface area contributed by atoms with Gasteiger partial charge in [0.2, 0.25) is 0 Å². The molecule has 1 aromatic rings. The van der Waals surface area contributed by atoms with E-state index in [9.17, 15) is 5.11 Å². The van der Waals surface area contributed by atoms with Crippen LogP contribution in [0.15, 0.2) is 12.1 Å². The second-order valence-corrected chi connectivity index (χ2v) is 5.99. The van der Waals surface area contributed by atoms with E-state index in [1.54, 1.807) is 13.2 Å². The summed E-state index contributed by atoms with van der Waals surface area (Å²) in [5, 5.41) is 14.2. The fraction of sp³-hybridized carbons (Fsp3) is 0.600. The molecular formula is C15H23Cl3N2O2. The number of benzene rings is 1. The quantitative estimate of drug-likeness (QED) is 0.855. The molecule has 1 aromatic carbocycles. The third-order valence-corrected chi connectivity index (χ3v) is 4.56. The molecule has 2 N–H and O–H groups in total. The van der Waals surface area contributed by atoms with Crippen molar-refractivity contribution in [1.82, 2.24) is 10.2 Å². The summed E-state index contributed by atoms with van der Waals surface area (Å²) >= 11 is 6.11. The highest BCUT2D eigenvalue weighted by Crippen LogP contribution is 2.51. The number of hydrogen-bond donors (Lipinski definition) is 2. The minimum absolute atomic E-state index is 0. The van der Waals surface area contributed by atoms with Gasteiger partial charge in [0.1, 0.15) is 11.5 Å². The van der Waals surface area contributed by atoms with Gasteiger partial charge in [-0.3, -0.25) is 4.90 Å². The topological polar surface area (TPSA) is 44.7 Å². The molecule has 0 radical (unpaired) electrons. The van der Waals surface area contributed by atoms with Gasteiger partial charge in [0.05, 0.1) is 17.7 Å². The predicted octanol–water partition coefficient (Wildman–Crippen LogP) is 3.25. The van der Waals surface area contributed by atoms with Gasteiger partial charge in [0.15, 0.2) is 0 Å². The zero-order valence-electron chi connectivity index (χ0n) is 12.5. The Hall–Kier alpha value is -0.390. The smallest absolute Gasteiger partial charge is 0.142 e. The van der Waals surface area contributed by atoms with E-state index in [-0.39, 0.29) is 36.6 Å². The summed E-state index contributed by atoms with van der Waals surface area (Å²) in [5.74, 6) is 1.52. The van der Waals surface area contributed by atoms with E-state index < -0.39 is 0 Å². The van der Waals surface area contributed by atoms with Crippen molar-refractivity contribution >= 4 is 36.4 Å². The first-order valence-corrected chi connectivity index (χ1v) is 7.60. The molecule has 1 aliphatic carbocycles. The first-order chi connectivity index (χ1) is 9.72. The molecule has 1 aliphatic heterocycles. The third-order valence-electron chi connectivity index (χ3n) is 4.26. The standard InChI is InChI=1S/C15H21ClN2O2.2ClH/c1-20-12-5-4-11(16)15(19)13(12)14(10-2-3-10)18-8-6-17-7-9-18;;/h4-5,10,14,17,19H,2-3,6-9H2,1H3;2*1H/t14-;;/m1../s1. The molecule has 1 atom stereocenters. The molecule has 4 nitrogen and oxygen atoms in total. The number of halogens is 3. The molecular weight excluding hydrogens is 347 g/mol. The number of aromatic hydroxyl groups is 1. The van der Waals surface area contributed by atoms with Crippen LogP contribution in [0.25, 0.3) is 0 Å². The van der Waals surface area contributed by atoms with E-state index in [1.807, 2.05) is 6.07 Å². The van der Waals surface area contributed by atoms with Crippen LogP contribution in [0.4, 0.5) is 0 Å². The molecule has 1 heterocycles. The van der Waals surface area contributed by atoms with Crippen molar-refractivity contribution in [2.45, 2.75) is 18.9 Å². The van der Waals surface area contributed by atoms with Gasteiger partial charge in [-0.25, -0.2) is 0 Å². The van der Waals surface area contributed by atoms with E-state index in [4.69, 9.17) is 16.3 Å². The Labute approximate surface area is 149 Å². The van der Waals surface area contributed by atoms with E-state index in [0.717, 1.165) is 37.5 Å². The average Bonchev–Trinajstić information content (AvgIpc) is 3.30. The zero-order chi connectivity index (χ0) is 14.1. The lowest BCUT2D eigenvalue weighted by Gasteiger charge is -2.36. The predicted molar refractivity (Wildman–Crippen MR) is 94.1 cm³/mol. The number of nitrogens with zero attached hydrogens (tertiary/aromatic N) is 1. The molecule has 0 aromatic heterocycles. The van der Waals surface area contributed by atoms with E-state index in [0.29, 0.717) is 10.9 Å². The maximum atomic E-state index is 10.4. The maximum Gasteiger partial charge on any atom is 0.142 e. The molecule has 3 rings (SSSR count). The summed E-state index contributed by atoms with van der Waals surface area (Å²) in [6.07, 6.45) is 2.42. The number of phenols is 1. The Morgan fingerprint density at radius 2 is 1.91 bits per heavy atom. The van der Waals surface area contributed by atoms with Crippen LogP contribution < -0.4 is 10.1 Å². The van der Waals surface area contributed by atoms with Gasteiger partial charge in [-0.2, -0.15) is 0 Å². The van der Waals surface area contributed by atoms with E-state index in [2.05, 4.69) is 10.2 Å². The first-order valence-electron chi connectivity index (χ1n) is 7.22. The number of methoxy groups -OCH3 is 1. The highest BCUT2D eigenvalue weighted by molar-refractivity contribution is 6.32. The minimum Gasteiger partial charge on any atom is -0.506 e. The van der Waals surface area contributed by atoms with Gasteiger partial charge < -0.3 is 15.2 Å². The Morgan fingerprint density at radius 3 is 2.45 bits per heavy atom. The largest absolute Gasteiger partial charge is 0.506 e. The van der Waals surface area contributed by atoms with Gasteiger partial charge in [-0.1, -0.05) is 11.6 Å². The van der Waals surface area contributed by atoms with Crippen molar-refractivity contribution in [2.24, 2.45) is 5.92 Å². The number of piperazine rings is 1. The monoisotopic (exact) mass is 368 g/mol. The van der Waals surface area contributed by atoms with Crippen LogP contribution >= 0.6 is 36.4 Å². The first kappa shape index (κ1) is 19.7. The molecule has 1 saturated heterocycles. The Balaban J connectivity index is 0.00000121. The van der Waals surface area contributed by atoms with Crippen molar-refractivity contribution in [3.8, 4) is 11.5 Å². The molecule has 0 bridgehead atoms. The highest BCUT2D eigenvalue weighted by Gasteiger charge is 2.40. The van der Waals surface area contributed by atoms with Crippen molar-refractivity contribution in [3.63, 3.8) is 0 Å². The Bertz CT molecular complexity index is 492. The molecule has 126 valence electrons. The maximum absolute atomic E-state index is 10.4. The number of rotatable bonds is 4. The summed E-state index contributed by atoms with van der Waals surface area (Å²) in [7, 11) is 1.65. The molecule has 2 aliphatic rings. The van der Waals surface area contributed by atoms with Crippen molar-refractivity contribution in [3.05, 3.63) is 22.7 Å². The van der Waals surface area contributed by atoms with Crippen molar-refractivity contribution in [1.29, 1.82) is 0 Å². The molecule has 0 spiro atoms. The number of hydrogen-bond acceptors (Lipinski definition) is 4. The molecule has 2 fully saturated rings. The van der Waals surface area contributed by atoms with Crippen LogP contribution in [0.2, 0.25) is 5.02 Å². The van der Waals surface area contributed by atoms with Gasteiger partial charge in [-0.05, 0) is 30.9 Å². The average molecular weight is 370 g/mol. The van der Waals surface area contributed by atoms with Crippen LogP contribution in [-0.2, 0) is 0 Å². The van der Waals surface area contributed by atoms with E-state index >= 15 is 0 Å². The minimum atomic E-state index is 0. The van der Waals surface area contributed by atoms with Crippen LogP contribution in [0.3, 0.4) is 0 Å². The van der Waals surface area contributed by atoms with Gasteiger partial charge in [-0.15, -0.1) is 24.8 Å². The zero-order valence-corrected chi connectivity index (χ0v) is 14.9. The molecule has 1 saturated carbocycles. The lowest BCUT2D eigenvalue weighted by Crippen LogP contribution is -2.45. The molecule has 0 unspecified atom stereocenters. The van der Waals surface area contributed by atoms with Gasteiger partial charge in [0.25, 0.3) is 0 Å². The normalized spacial score (nSPS) is 19.7. The number of phenolic OH excluding ortho intramolecular Hbond substituents is 1. The Morgan fingerprint density at radius 1 is 1.27 bits per heavy atom. The lowest BCUT2D eigenvalue weighted by molar-refractivity contribution is 0.151. The van der Waals surface area contributed by atoms with Crippen LogP contribution in [0, 0.1) is 5.92 Å². The fourth-order valence-corrected chi connectivity index (χ4v) is 3.28. The third kappa shape index (κ3) is 3.92. The summed E-state index contributed by atoms with van der Waals surface area (Å²) in [5.41, 5.74) is 0.865. The van der Waals surface area contributed by atoms with Crippen LogP contribution in [0.5, 0.6) is 11.5 Å². The summed E-state index contributed by atoms with van der Waals surface area (Å²) in [6.45, 7) is 3.98. The van der Waals surface area contributed by atoms with Crippen LogP contribution in [0.1, 0.15) is 24.4 Å². The molecule has 7 heteroatoms. The SMILES string of the molecule is COc1ccc(Cl)c(O)c1[C@@H](C1CC1)N1CCNCC1.Cl.Cl.